The van der Waals surface area contributed by atoms with Crippen molar-refractivity contribution in [3.05, 3.63) is 65.2 Å². The van der Waals surface area contributed by atoms with Gasteiger partial charge in [-0.3, -0.25) is 15.1 Å². The van der Waals surface area contributed by atoms with Crippen molar-refractivity contribution in [1.82, 2.24) is 10.3 Å². The average Bonchev–Trinajstić information content (AvgIpc) is 2.52. The van der Waals surface area contributed by atoms with Crippen molar-refractivity contribution >= 4 is 5.91 Å². The maximum absolute atomic E-state index is 13.1. The van der Waals surface area contributed by atoms with Crippen molar-refractivity contribution in [3.8, 4) is 0 Å². The zero-order chi connectivity index (χ0) is 18.0. The van der Waals surface area contributed by atoms with Gasteiger partial charge >= 0.3 is 6.18 Å². The third-order valence-electron chi connectivity index (χ3n) is 3.67. The Bertz CT molecular complexity index is 748. The standard InChI is InChI=1S/C16H15F4N3O/c1-15(14(21)24,23-8-10-5-13(17)9-22-7-10)11-3-2-4-12(6-11)16(18,19)20/h2-7,9,23H,8H2,1H3,(H2,21,24)/t15-/m1/s1. The van der Waals surface area contributed by atoms with E-state index in [1.807, 2.05) is 0 Å². The van der Waals surface area contributed by atoms with Gasteiger partial charge in [0.05, 0.1) is 11.8 Å². The van der Waals surface area contributed by atoms with Gasteiger partial charge in [-0.25, -0.2) is 4.39 Å². The molecule has 0 bridgehead atoms. The molecule has 8 heteroatoms. The first-order chi connectivity index (χ1) is 11.1. The van der Waals surface area contributed by atoms with Crippen molar-refractivity contribution in [2.75, 3.05) is 0 Å². The number of aromatic nitrogens is 1. The van der Waals surface area contributed by atoms with Gasteiger partial charge in [0, 0.05) is 12.7 Å². The topological polar surface area (TPSA) is 68.0 Å². The summed E-state index contributed by atoms with van der Waals surface area (Å²) in [6.45, 7) is 1.37. The molecule has 4 nitrogen and oxygen atoms in total. The highest BCUT2D eigenvalue weighted by molar-refractivity contribution is 5.85. The summed E-state index contributed by atoms with van der Waals surface area (Å²) in [5.74, 6) is -1.42. The minimum Gasteiger partial charge on any atom is -0.368 e. The molecule has 128 valence electrons. The lowest BCUT2D eigenvalue weighted by Gasteiger charge is -2.29. The minimum absolute atomic E-state index is 0.000442. The molecule has 0 unspecified atom stereocenters. The maximum atomic E-state index is 13.1. The molecule has 1 amide bonds. The molecule has 1 aromatic heterocycles. The van der Waals surface area contributed by atoms with Crippen molar-refractivity contribution in [1.29, 1.82) is 0 Å². The van der Waals surface area contributed by atoms with E-state index in [4.69, 9.17) is 5.73 Å². The second kappa shape index (κ2) is 6.56. The number of amides is 1. The number of pyridine rings is 1. The molecule has 1 atom stereocenters. The molecular weight excluding hydrogens is 326 g/mol. The predicted molar refractivity (Wildman–Crippen MR) is 79.0 cm³/mol. The quantitative estimate of drug-likeness (QED) is 0.822. The van der Waals surface area contributed by atoms with Crippen LogP contribution in [-0.2, 0) is 23.1 Å². The summed E-state index contributed by atoms with van der Waals surface area (Å²) in [4.78, 5) is 15.5. The molecule has 0 radical (unpaired) electrons. The SMILES string of the molecule is C[C@](NCc1cncc(F)c1)(C(N)=O)c1cccc(C(F)(F)F)c1. The number of carbonyl (C=O) groups is 1. The molecular formula is C16H15F4N3O. The molecule has 2 aromatic rings. The number of alkyl halides is 3. The van der Waals surface area contributed by atoms with Gasteiger partial charge < -0.3 is 5.73 Å². The van der Waals surface area contributed by atoms with Crippen LogP contribution in [0.25, 0.3) is 0 Å². The Morgan fingerprint density at radius 1 is 1.21 bits per heavy atom. The molecule has 0 aliphatic carbocycles. The van der Waals surface area contributed by atoms with Crippen molar-refractivity contribution in [2.24, 2.45) is 5.73 Å². The van der Waals surface area contributed by atoms with Crippen molar-refractivity contribution in [2.45, 2.75) is 25.2 Å². The lowest BCUT2D eigenvalue weighted by molar-refractivity contribution is -0.138. The number of rotatable bonds is 5. The smallest absolute Gasteiger partial charge is 0.368 e. The normalized spacial score (nSPS) is 14.2. The number of nitrogens with zero attached hydrogens (tertiary/aromatic N) is 1. The molecule has 0 spiro atoms. The minimum atomic E-state index is -4.54. The summed E-state index contributed by atoms with van der Waals surface area (Å²) in [5.41, 5.74) is 3.42. The maximum Gasteiger partial charge on any atom is 0.416 e. The molecule has 0 saturated heterocycles. The van der Waals surface area contributed by atoms with Gasteiger partial charge in [-0.15, -0.1) is 0 Å². The highest BCUT2D eigenvalue weighted by atomic mass is 19.4. The van der Waals surface area contributed by atoms with E-state index in [1.54, 1.807) is 0 Å². The van der Waals surface area contributed by atoms with Gasteiger partial charge in [0.15, 0.2) is 0 Å². The van der Waals surface area contributed by atoms with Crippen LogP contribution in [0.3, 0.4) is 0 Å². The van der Waals surface area contributed by atoms with Crippen molar-refractivity contribution in [3.63, 3.8) is 0 Å². The number of hydrogen-bond donors (Lipinski definition) is 2. The number of nitrogens with two attached hydrogens (primary N) is 1. The van der Waals surface area contributed by atoms with E-state index in [0.29, 0.717) is 5.56 Å². The van der Waals surface area contributed by atoms with Crippen molar-refractivity contribution < 1.29 is 22.4 Å². The molecule has 0 fully saturated rings. The molecule has 3 N–H and O–H groups in total. The Hall–Kier alpha value is -2.48. The van der Waals surface area contributed by atoms with Gasteiger partial charge in [0.25, 0.3) is 0 Å². The number of nitrogens with one attached hydrogen (secondary N) is 1. The summed E-state index contributed by atoms with van der Waals surface area (Å²) in [6.07, 6.45) is -2.14. The Labute approximate surface area is 135 Å². The number of benzene rings is 1. The fourth-order valence-electron chi connectivity index (χ4n) is 2.17. The van der Waals surface area contributed by atoms with E-state index < -0.39 is 29.0 Å². The Balaban J connectivity index is 2.32. The highest BCUT2D eigenvalue weighted by Gasteiger charge is 2.36. The zero-order valence-corrected chi connectivity index (χ0v) is 12.7. The third kappa shape index (κ3) is 3.88. The lowest BCUT2D eigenvalue weighted by Crippen LogP contribution is -2.50. The van der Waals surface area contributed by atoms with Gasteiger partial charge in [-0.05, 0) is 36.2 Å². The van der Waals surface area contributed by atoms with Crippen LogP contribution in [0.5, 0.6) is 0 Å². The Morgan fingerprint density at radius 3 is 2.46 bits per heavy atom. The summed E-state index contributed by atoms with van der Waals surface area (Å²) >= 11 is 0. The number of hydrogen-bond acceptors (Lipinski definition) is 3. The average molecular weight is 341 g/mol. The van der Waals surface area contributed by atoms with Gasteiger partial charge in [0.1, 0.15) is 11.4 Å². The summed E-state index contributed by atoms with van der Waals surface area (Å²) in [5, 5.41) is 2.79. The summed E-state index contributed by atoms with van der Waals surface area (Å²) in [7, 11) is 0. The Kier molecular flexibility index (Phi) is 4.88. The monoisotopic (exact) mass is 341 g/mol. The van der Waals surface area contributed by atoms with Crippen LogP contribution in [0.2, 0.25) is 0 Å². The fourth-order valence-corrected chi connectivity index (χ4v) is 2.17. The number of halogens is 4. The summed E-state index contributed by atoms with van der Waals surface area (Å²) in [6, 6.07) is 5.54. The fraction of sp³-hybridized carbons (Fsp3) is 0.250. The lowest BCUT2D eigenvalue weighted by atomic mass is 9.89. The van der Waals surface area contributed by atoms with Crippen LogP contribution in [0.1, 0.15) is 23.6 Å². The van der Waals surface area contributed by atoms with Crippen LogP contribution in [0.4, 0.5) is 17.6 Å². The molecule has 0 aliphatic heterocycles. The van der Waals surface area contributed by atoms with Crippen LogP contribution in [0, 0.1) is 5.82 Å². The van der Waals surface area contributed by atoms with Crippen LogP contribution in [0.15, 0.2) is 42.7 Å². The zero-order valence-electron chi connectivity index (χ0n) is 12.7. The van der Waals surface area contributed by atoms with Crippen LogP contribution >= 0.6 is 0 Å². The van der Waals surface area contributed by atoms with E-state index >= 15 is 0 Å². The highest BCUT2D eigenvalue weighted by Crippen LogP contribution is 2.32. The van der Waals surface area contributed by atoms with E-state index in [0.717, 1.165) is 18.3 Å². The first-order valence-electron chi connectivity index (χ1n) is 6.95. The Morgan fingerprint density at radius 2 is 1.88 bits per heavy atom. The van der Waals surface area contributed by atoms with E-state index in [-0.39, 0.29) is 12.1 Å². The molecule has 1 aromatic carbocycles. The summed E-state index contributed by atoms with van der Waals surface area (Å²) < 4.78 is 51.7. The van der Waals surface area contributed by atoms with E-state index in [1.165, 1.54) is 31.3 Å². The number of carbonyl (C=O) groups excluding carboxylic acids is 1. The van der Waals surface area contributed by atoms with E-state index in [2.05, 4.69) is 10.3 Å². The molecule has 0 saturated carbocycles. The van der Waals surface area contributed by atoms with Gasteiger partial charge in [0.2, 0.25) is 5.91 Å². The molecule has 0 aliphatic rings. The molecule has 24 heavy (non-hydrogen) atoms. The van der Waals surface area contributed by atoms with Crippen LogP contribution in [-0.4, -0.2) is 10.9 Å². The first-order valence-corrected chi connectivity index (χ1v) is 6.95. The first kappa shape index (κ1) is 17.9. The largest absolute Gasteiger partial charge is 0.416 e. The predicted octanol–water partition coefficient (Wildman–Crippen LogP) is 2.73. The number of primary amides is 1. The third-order valence-corrected chi connectivity index (χ3v) is 3.67. The van der Waals surface area contributed by atoms with Gasteiger partial charge in [-0.1, -0.05) is 12.1 Å². The molecule has 2 rings (SSSR count). The second-order valence-corrected chi connectivity index (χ2v) is 5.43. The van der Waals surface area contributed by atoms with E-state index in [9.17, 15) is 22.4 Å². The van der Waals surface area contributed by atoms with Crippen LogP contribution < -0.4 is 11.1 Å². The van der Waals surface area contributed by atoms with Gasteiger partial charge in [-0.2, -0.15) is 13.2 Å². The molecule has 1 heterocycles. The second-order valence-electron chi connectivity index (χ2n) is 5.43.